The highest BCUT2D eigenvalue weighted by Crippen LogP contribution is 1.95. The third-order valence-corrected chi connectivity index (χ3v) is 1.43. The minimum Gasteiger partial charge on any atom is -0.341 e. The summed E-state index contributed by atoms with van der Waals surface area (Å²) in [4.78, 5) is 17.1. The van der Waals surface area contributed by atoms with Gasteiger partial charge in [-0.15, -0.1) is 12.4 Å². The molecule has 0 aromatic carbocycles. The van der Waals surface area contributed by atoms with Crippen molar-refractivity contribution in [1.82, 2.24) is 10.4 Å². The van der Waals surface area contributed by atoms with Gasteiger partial charge in [0, 0.05) is 19.6 Å². The Balaban J connectivity index is 0.000001000. The quantitative estimate of drug-likeness (QED) is 0.568. The summed E-state index contributed by atoms with van der Waals surface area (Å²) in [7, 11) is 0. The Morgan fingerprint density at radius 1 is 1.73 bits per heavy atom. The number of carbonyl (C=O) groups excluding carboxylic acids is 1. The second-order valence-corrected chi connectivity index (χ2v) is 2.42. The molecule has 0 aromatic heterocycles. The first-order chi connectivity index (χ1) is 4.83. The van der Waals surface area contributed by atoms with E-state index in [2.05, 4.69) is 5.48 Å². The van der Waals surface area contributed by atoms with Gasteiger partial charge in [-0.2, -0.15) is 0 Å². The summed E-state index contributed by atoms with van der Waals surface area (Å²) in [6, 6.07) is 0. The molecule has 4 nitrogen and oxygen atoms in total. The van der Waals surface area contributed by atoms with Crippen LogP contribution >= 0.6 is 12.4 Å². The van der Waals surface area contributed by atoms with Gasteiger partial charge in [-0.05, 0) is 6.92 Å². The van der Waals surface area contributed by atoms with E-state index < -0.39 is 0 Å². The summed E-state index contributed by atoms with van der Waals surface area (Å²) in [6.45, 7) is 4.04. The topological polar surface area (TPSA) is 41.6 Å². The number of hydrogen-bond acceptors (Lipinski definition) is 3. The minimum atomic E-state index is 0. The molecule has 1 amide bonds. The maximum atomic E-state index is 10.3. The van der Waals surface area contributed by atoms with E-state index in [0.29, 0.717) is 13.1 Å². The summed E-state index contributed by atoms with van der Waals surface area (Å²) in [5.74, 6) is 0. The maximum Gasteiger partial charge on any atom is 0.209 e. The first-order valence-electron chi connectivity index (χ1n) is 3.41. The standard InChI is InChI=1S/C6H12N2O2.ClH/c1-6-4-8(5-9)3-2-7-10-6;/h5-7H,2-4H2,1H3;1H/t6-;/m0./s1. The average Bonchev–Trinajstić information content (AvgIpc) is 2.13. The molecule has 0 aliphatic carbocycles. The number of hydroxylamine groups is 1. The fraction of sp³-hybridized carbons (Fsp3) is 0.833. The van der Waals surface area contributed by atoms with Crippen LogP contribution in [0.15, 0.2) is 0 Å². The van der Waals surface area contributed by atoms with Gasteiger partial charge in [0.05, 0.1) is 6.10 Å². The van der Waals surface area contributed by atoms with Crippen LogP contribution < -0.4 is 5.48 Å². The first kappa shape index (κ1) is 10.7. The van der Waals surface area contributed by atoms with Gasteiger partial charge < -0.3 is 4.90 Å². The number of nitrogens with zero attached hydrogens (tertiary/aromatic N) is 1. The number of halogens is 1. The molecule has 5 heteroatoms. The molecule has 0 saturated carbocycles. The molecule has 1 saturated heterocycles. The largest absolute Gasteiger partial charge is 0.341 e. The van der Waals surface area contributed by atoms with E-state index in [9.17, 15) is 4.79 Å². The van der Waals surface area contributed by atoms with Crippen LogP contribution in [-0.2, 0) is 9.63 Å². The number of amides is 1. The first-order valence-corrected chi connectivity index (χ1v) is 3.41. The number of hydrogen-bond donors (Lipinski definition) is 1. The second-order valence-electron chi connectivity index (χ2n) is 2.42. The lowest BCUT2D eigenvalue weighted by atomic mass is 10.4. The fourth-order valence-electron chi connectivity index (χ4n) is 0.945. The minimum absolute atomic E-state index is 0. The van der Waals surface area contributed by atoms with Crippen molar-refractivity contribution in [3.63, 3.8) is 0 Å². The molecule has 1 heterocycles. The van der Waals surface area contributed by atoms with Crippen molar-refractivity contribution >= 4 is 18.8 Å². The van der Waals surface area contributed by atoms with Crippen molar-refractivity contribution < 1.29 is 9.63 Å². The van der Waals surface area contributed by atoms with Gasteiger partial charge in [-0.25, -0.2) is 5.48 Å². The van der Waals surface area contributed by atoms with Gasteiger partial charge in [-0.3, -0.25) is 9.63 Å². The molecular formula is C6H13ClN2O2. The lowest BCUT2D eigenvalue weighted by Gasteiger charge is -2.14. The molecule has 1 atom stereocenters. The second kappa shape index (κ2) is 5.35. The molecule has 0 radical (unpaired) electrons. The molecule has 1 fully saturated rings. The highest BCUT2D eigenvalue weighted by Gasteiger charge is 2.11. The van der Waals surface area contributed by atoms with Crippen molar-refractivity contribution in [3.8, 4) is 0 Å². The van der Waals surface area contributed by atoms with Crippen LogP contribution in [0.3, 0.4) is 0 Å². The lowest BCUT2D eigenvalue weighted by Crippen LogP contribution is -2.29. The Hall–Kier alpha value is -0.320. The SMILES string of the molecule is C[C@H]1CN(C=O)CCNO1.Cl. The van der Waals surface area contributed by atoms with Crippen molar-refractivity contribution in [3.05, 3.63) is 0 Å². The maximum absolute atomic E-state index is 10.3. The number of carbonyl (C=O) groups is 1. The van der Waals surface area contributed by atoms with Crippen LogP contribution in [0.5, 0.6) is 0 Å². The Morgan fingerprint density at radius 3 is 3.09 bits per heavy atom. The summed E-state index contributed by atoms with van der Waals surface area (Å²) < 4.78 is 0. The Labute approximate surface area is 72.3 Å². The molecule has 0 spiro atoms. The number of rotatable bonds is 1. The zero-order chi connectivity index (χ0) is 7.40. The number of nitrogens with one attached hydrogen (secondary N) is 1. The molecular weight excluding hydrogens is 168 g/mol. The Morgan fingerprint density at radius 2 is 2.45 bits per heavy atom. The predicted octanol–water partition coefficient (Wildman–Crippen LogP) is -0.210. The van der Waals surface area contributed by atoms with Crippen molar-refractivity contribution in [2.24, 2.45) is 0 Å². The van der Waals surface area contributed by atoms with Crippen molar-refractivity contribution in [1.29, 1.82) is 0 Å². The monoisotopic (exact) mass is 180 g/mol. The van der Waals surface area contributed by atoms with Crippen molar-refractivity contribution in [2.75, 3.05) is 19.6 Å². The highest BCUT2D eigenvalue weighted by molar-refractivity contribution is 5.85. The Bertz CT molecular complexity index is 123. The van der Waals surface area contributed by atoms with Gasteiger partial charge in [0.2, 0.25) is 6.41 Å². The zero-order valence-corrected chi connectivity index (χ0v) is 7.26. The van der Waals surface area contributed by atoms with E-state index in [1.54, 1.807) is 4.90 Å². The molecule has 1 aliphatic rings. The predicted molar refractivity (Wildman–Crippen MR) is 43.4 cm³/mol. The molecule has 11 heavy (non-hydrogen) atoms. The van der Waals surface area contributed by atoms with E-state index >= 15 is 0 Å². The van der Waals surface area contributed by atoms with Crippen LogP contribution in [0, 0.1) is 0 Å². The normalized spacial score (nSPS) is 25.2. The van der Waals surface area contributed by atoms with Crippen molar-refractivity contribution in [2.45, 2.75) is 13.0 Å². The molecule has 1 N–H and O–H groups in total. The summed E-state index contributed by atoms with van der Waals surface area (Å²) in [6.07, 6.45) is 0.944. The van der Waals surface area contributed by atoms with Gasteiger partial charge in [0.25, 0.3) is 0 Å². The van der Waals surface area contributed by atoms with E-state index in [0.717, 1.165) is 13.0 Å². The molecule has 1 aliphatic heterocycles. The third-order valence-electron chi connectivity index (χ3n) is 1.43. The van der Waals surface area contributed by atoms with Crippen LogP contribution in [-0.4, -0.2) is 37.0 Å². The smallest absolute Gasteiger partial charge is 0.209 e. The summed E-state index contributed by atoms with van der Waals surface area (Å²) in [5.41, 5.74) is 2.76. The van der Waals surface area contributed by atoms with Crippen LogP contribution in [0.2, 0.25) is 0 Å². The van der Waals surface area contributed by atoms with E-state index in [4.69, 9.17) is 4.84 Å². The van der Waals surface area contributed by atoms with Gasteiger partial charge in [-0.1, -0.05) is 0 Å². The van der Waals surface area contributed by atoms with Gasteiger partial charge in [0.15, 0.2) is 0 Å². The van der Waals surface area contributed by atoms with E-state index in [1.165, 1.54) is 0 Å². The summed E-state index contributed by atoms with van der Waals surface area (Å²) >= 11 is 0. The zero-order valence-electron chi connectivity index (χ0n) is 6.45. The lowest BCUT2D eigenvalue weighted by molar-refractivity contribution is -0.118. The van der Waals surface area contributed by atoms with Gasteiger partial charge >= 0.3 is 0 Å². The Kier molecular flexibility index (Phi) is 5.19. The third kappa shape index (κ3) is 3.55. The average molecular weight is 181 g/mol. The van der Waals surface area contributed by atoms with E-state index in [1.807, 2.05) is 6.92 Å². The molecule has 0 aromatic rings. The van der Waals surface area contributed by atoms with Crippen LogP contribution in [0.4, 0.5) is 0 Å². The molecule has 1 rings (SSSR count). The summed E-state index contributed by atoms with van der Waals surface area (Å²) in [5, 5.41) is 0. The fourth-order valence-corrected chi connectivity index (χ4v) is 0.945. The van der Waals surface area contributed by atoms with Crippen LogP contribution in [0.25, 0.3) is 0 Å². The highest BCUT2D eigenvalue weighted by atomic mass is 35.5. The van der Waals surface area contributed by atoms with Crippen LogP contribution in [0.1, 0.15) is 6.92 Å². The molecule has 0 bridgehead atoms. The van der Waals surface area contributed by atoms with E-state index in [-0.39, 0.29) is 18.5 Å². The molecule has 66 valence electrons. The molecule has 0 unspecified atom stereocenters. The van der Waals surface area contributed by atoms with Gasteiger partial charge in [0.1, 0.15) is 0 Å².